The number of quaternary nitrogens is 1. The smallest absolute Gasteiger partial charge is 0.321 e. The van der Waals surface area contributed by atoms with Gasteiger partial charge < -0.3 is 5.32 Å². The molecule has 2 aromatic carbocycles. The highest BCUT2D eigenvalue weighted by Crippen LogP contribution is 2.53. The van der Waals surface area contributed by atoms with Crippen molar-refractivity contribution in [2.24, 2.45) is 0 Å². The Hall–Kier alpha value is -2.88. The Morgan fingerprint density at radius 3 is 2.22 bits per heavy atom. The van der Waals surface area contributed by atoms with Crippen molar-refractivity contribution in [1.82, 2.24) is 0 Å². The first-order chi connectivity index (χ1) is 17.1. The molecular weight excluding hydrogens is 498 g/mol. The zero-order valence-electron chi connectivity index (χ0n) is 21.0. The fourth-order valence-electron chi connectivity index (χ4n) is 5.57. The van der Waals surface area contributed by atoms with Gasteiger partial charge in [0.25, 0.3) is 17.5 Å². The monoisotopic (exact) mass is 527 g/mol. The topological polar surface area (TPSA) is 46.2 Å². The lowest BCUT2D eigenvalue weighted by Gasteiger charge is -2.34. The first-order valence-electron chi connectivity index (χ1n) is 12.2. The predicted octanol–water partition coefficient (Wildman–Crippen LogP) is 6.56. The van der Waals surface area contributed by atoms with Crippen LogP contribution in [0, 0.1) is 6.92 Å². The zero-order valence-corrected chi connectivity index (χ0v) is 21.0. The third-order valence-electron chi connectivity index (χ3n) is 7.81. The van der Waals surface area contributed by atoms with Crippen molar-refractivity contribution in [3.8, 4) is 0 Å². The Bertz CT molecular complexity index is 1250. The van der Waals surface area contributed by atoms with E-state index < -0.39 is 29.2 Å². The summed E-state index contributed by atoms with van der Waals surface area (Å²) < 4.78 is 83.8. The van der Waals surface area contributed by atoms with Crippen molar-refractivity contribution in [3.63, 3.8) is 0 Å². The van der Waals surface area contributed by atoms with Gasteiger partial charge in [-0.25, -0.2) is 22.4 Å². The molecule has 2 aliphatic rings. The number of nitrogens with one attached hydrogen (secondary N) is 1. The van der Waals surface area contributed by atoms with Gasteiger partial charge in [0.1, 0.15) is 19.1 Å². The van der Waals surface area contributed by atoms with Gasteiger partial charge >= 0.3 is 12.1 Å². The normalized spacial score (nSPS) is 20.2. The summed E-state index contributed by atoms with van der Waals surface area (Å²) in [6.07, 6.45) is -4.27. The molecule has 2 unspecified atom stereocenters. The number of nitrogens with zero attached hydrogens (tertiary/aromatic N) is 1. The highest BCUT2D eigenvalue weighted by atomic mass is 19.4. The quantitative estimate of drug-likeness (QED) is 0.263. The maximum Gasteiger partial charge on any atom is 0.432 e. The molecule has 2 aromatic rings. The molecule has 0 spiro atoms. The molecule has 0 radical (unpaired) electrons. The van der Waals surface area contributed by atoms with E-state index in [0.717, 1.165) is 36.7 Å². The van der Waals surface area contributed by atoms with Crippen LogP contribution in [0.2, 0.25) is 0 Å². The largest absolute Gasteiger partial charge is 0.432 e. The Labute approximate surface area is 211 Å². The molecule has 0 saturated carbocycles. The lowest BCUT2D eigenvalue weighted by Crippen LogP contribution is -2.51. The van der Waals surface area contributed by atoms with E-state index >= 15 is 4.39 Å². The maximum absolute atomic E-state index is 15.0. The van der Waals surface area contributed by atoms with Gasteiger partial charge in [-0.05, 0) is 54.7 Å². The van der Waals surface area contributed by atoms with Gasteiger partial charge in [0.15, 0.2) is 0 Å². The molecule has 200 valence electrons. The Kier molecular flexibility index (Phi) is 6.50. The molecule has 0 aromatic heterocycles. The minimum Gasteiger partial charge on any atom is -0.321 e. The Morgan fingerprint density at radius 1 is 1.05 bits per heavy atom. The number of hydrogen-bond acceptors (Lipinski definition) is 2. The van der Waals surface area contributed by atoms with Gasteiger partial charge in [-0.3, -0.25) is 4.79 Å². The fourth-order valence-corrected chi connectivity index (χ4v) is 5.57. The number of rotatable bonds is 6. The summed E-state index contributed by atoms with van der Waals surface area (Å²) in [6.45, 7) is 6.00. The number of halogens is 6. The van der Waals surface area contributed by atoms with E-state index in [1.807, 2.05) is 6.07 Å². The summed E-state index contributed by atoms with van der Waals surface area (Å²) in [5.74, 6) is -5.13. The molecule has 1 saturated heterocycles. The molecule has 1 aliphatic carbocycles. The van der Waals surface area contributed by atoms with Gasteiger partial charge in [-0.1, -0.05) is 19.1 Å². The van der Waals surface area contributed by atoms with Crippen LogP contribution in [-0.4, -0.2) is 41.5 Å². The summed E-state index contributed by atoms with van der Waals surface area (Å²) in [7, 11) is 0. The first kappa shape index (κ1) is 27.2. The van der Waals surface area contributed by atoms with Gasteiger partial charge in [-0.15, -0.1) is 0 Å². The second-order valence-electron chi connectivity index (χ2n) is 10.1. The van der Waals surface area contributed by atoms with Crippen LogP contribution < -0.4 is 5.32 Å². The van der Waals surface area contributed by atoms with Crippen molar-refractivity contribution in [1.29, 1.82) is 0 Å². The van der Waals surface area contributed by atoms with Gasteiger partial charge in [0.05, 0.1) is 6.92 Å². The van der Waals surface area contributed by atoms with Crippen molar-refractivity contribution < 1.29 is 40.4 Å². The molecule has 10 heteroatoms. The highest BCUT2D eigenvalue weighted by Gasteiger charge is 2.70. The number of amides is 2. The van der Waals surface area contributed by atoms with Crippen molar-refractivity contribution in [2.75, 3.05) is 18.4 Å². The molecule has 4 rings (SSSR count). The summed E-state index contributed by atoms with van der Waals surface area (Å²) in [4.78, 5) is 25.3. The lowest BCUT2D eigenvalue weighted by atomic mass is 9.86. The minimum absolute atomic E-state index is 0.0360. The van der Waals surface area contributed by atoms with E-state index in [1.165, 1.54) is 6.92 Å². The van der Waals surface area contributed by atoms with Crippen molar-refractivity contribution >= 4 is 17.5 Å². The standard InChI is InChI=1S/C27H28F6N2O2/c1-5-17-14-20(26(30,25(4,28)29)27(31,32)33)12-15(2)23(17)34-24(37)19-6-8-21-18(13-19)7-9-22(21)35(10-11-35)16(3)36/h6,8,12-14,22H,5,7,9-11H2,1-4H3/p+1. The highest BCUT2D eigenvalue weighted by molar-refractivity contribution is 6.05. The van der Waals surface area contributed by atoms with E-state index in [0.29, 0.717) is 22.5 Å². The van der Waals surface area contributed by atoms with Crippen LogP contribution in [-0.2, 0) is 23.3 Å². The first-order valence-corrected chi connectivity index (χ1v) is 12.2. The molecule has 4 nitrogen and oxygen atoms in total. The fraction of sp³-hybridized carbons (Fsp3) is 0.481. The predicted molar refractivity (Wildman–Crippen MR) is 126 cm³/mol. The van der Waals surface area contributed by atoms with E-state index in [9.17, 15) is 31.5 Å². The molecule has 2 amide bonds. The van der Waals surface area contributed by atoms with Crippen LogP contribution in [0.4, 0.5) is 32.0 Å². The van der Waals surface area contributed by atoms with E-state index in [2.05, 4.69) is 5.32 Å². The number of aryl methyl sites for hydroxylation is 3. The van der Waals surface area contributed by atoms with Crippen LogP contribution in [0.25, 0.3) is 0 Å². The minimum atomic E-state index is -5.85. The molecule has 1 N–H and O–H groups in total. The van der Waals surface area contributed by atoms with E-state index in [1.54, 1.807) is 26.0 Å². The number of alkyl halides is 6. The summed E-state index contributed by atoms with van der Waals surface area (Å²) in [5.41, 5.74) is -3.48. The molecule has 1 heterocycles. The number of carbonyl (C=O) groups excluding carboxylic acids is 2. The number of fused-ring (bicyclic) bond motifs is 1. The van der Waals surface area contributed by atoms with Crippen LogP contribution in [0.3, 0.4) is 0 Å². The molecule has 1 aliphatic heterocycles. The zero-order chi connectivity index (χ0) is 27.6. The SMILES string of the molecule is CCc1cc(C(F)(C(C)(F)F)C(F)(F)F)cc(C)c1NC(=O)c1ccc2c(c1)CCC2[N+]1(C(C)=O)CC1. The maximum atomic E-state index is 15.0. The average molecular weight is 528 g/mol. The molecule has 37 heavy (non-hydrogen) atoms. The summed E-state index contributed by atoms with van der Waals surface area (Å²) in [5, 5.41) is 2.68. The van der Waals surface area contributed by atoms with Crippen LogP contribution >= 0.6 is 0 Å². The van der Waals surface area contributed by atoms with Crippen LogP contribution in [0.15, 0.2) is 30.3 Å². The Morgan fingerprint density at radius 2 is 1.70 bits per heavy atom. The van der Waals surface area contributed by atoms with Crippen molar-refractivity contribution in [2.45, 2.75) is 70.8 Å². The second-order valence-corrected chi connectivity index (χ2v) is 10.1. The van der Waals surface area contributed by atoms with Gasteiger partial charge in [0.2, 0.25) is 0 Å². The number of hydrogen-bond donors (Lipinski definition) is 1. The van der Waals surface area contributed by atoms with E-state index in [4.69, 9.17) is 0 Å². The average Bonchev–Trinajstić information content (AvgIpc) is 3.51. The molecule has 2 atom stereocenters. The Balaban J connectivity index is 1.64. The summed E-state index contributed by atoms with van der Waals surface area (Å²) in [6, 6.07) is 6.74. The third kappa shape index (κ3) is 4.32. The molecule has 0 bridgehead atoms. The van der Waals surface area contributed by atoms with E-state index in [-0.39, 0.29) is 42.1 Å². The number of carbonyl (C=O) groups is 2. The van der Waals surface area contributed by atoms with Crippen molar-refractivity contribution in [3.05, 3.63) is 63.7 Å². The molecular formula is C27H29F6N2O2+. The molecule has 1 fully saturated rings. The summed E-state index contributed by atoms with van der Waals surface area (Å²) >= 11 is 0. The number of benzene rings is 2. The van der Waals surface area contributed by atoms with Crippen LogP contribution in [0.5, 0.6) is 0 Å². The van der Waals surface area contributed by atoms with Gasteiger partial charge in [-0.2, -0.15) is 13.2 Å². The number of anilines is 1. The van der Waals surface area contributed by atoms with Crippen LogP contribution in [0.1, 0.15) is 71.4 Å². The lowest BCUT2D eigenvalue weighted by molar-refractivity contribution is -0.755. The second kappa shape index (κ2) is 8.85. The van der Waals surface area contributed by atoms with Gasteiger partial charge in [0, 0.05) is 35.7 Å². The third-order valence-corrected chi connectivity index (χ3v) is 7.81.